The molecule has 3 rings (SSSR count). The van der Waals surface area contributed by atoms with Crippen molar-refractivity contribution in [3.05, 3.63) is 47.7 Å². The van der Waals surface area contributed by atoms with Crippen LogP contribution in [0.25, 0.3) is 0 Å². The fourth-order valence-corrected chi connectivity index (χ4v) is 2.71. The van der Waals surface area contributed by atoms with E-state index in [0.717, 1.165) is 6.42 Å². The van der Waals surface area contributed by atoms with Crippen LogP contribution in [0.2, 0.25) is 5.02 Å². The van der Waals surface area contributed by atoms with Crippen molar-refractivity contribution in [2.24, 2.45) is 5.73 Å². The summed E-state index contributed by atoms with van der Waals surface area (Å²) in [5, 5.41) is 3.21. The van der Waals surface area contributed by atoms with E-state index < -0.39 is 6.10 Å². The fourth-order valence-electron chi connectivity index (χ4n) is 2.49. The maximum atomic E-state index is 12.2. The number of carbonyl (C=O) groups is 1. The molecule has 0 bridgehead atoms. The summed E-state index contributed by atoms with van der Waals surface area (Å²) in [5.74, 6) is 0.946. The lowest BCUT2D eigenvalue weighted by atomic mass is 10.2. The summed E-state index contributed by atoms with van der Waals surface area (Å²) in [7, 11) is 0. The Labute approximate surface area is 144 Å². The maximum Gasteiger partial charge on any atom is 0.253 e. The Balaban J connectivity index is 1.63. The van der Waals surface area contributed by atoms with Gasteiger partial charge in [0.25, 0.3) is 5.91 Å². The molecule has 6 nitrogen and oxygen atoms in total. The van der Waals surface area contributed by atoms with Gasteiger partial charge in [-0.2, -0.15) is 0 Å². The van der Waals surface area contributed by atoms with Crippen molar-refractivity contribution >= 4 is 23.2 Å². The SMILES string of the molecule is NC[C@H]1CC[C@@H](C(=O)Nc2ccc(Oc3ccncc3)c(Cl)c2)O1. The molecular weight excluding hydrogens is 330 g/mol. The van der Waals surface area contributed by atoms with Gasteiger partial charge in [0.05, 0.1) is 11.1 Å². The molecule has 2 atom stereocenters. The number of anilines is 1. The van der Waals surface area contributed by atoms with Gasteiger partial charge in [-0.05, 0) is 43.2 Å². The van der Waals surface area contributed by atoms with Gasteiger partial charge in [0, 0.05) is 24.6 Å². The molecule has 1 saturated heterocycles. The molecule has 2 heterocycles. The smallest absolute Gasteiger partial charge is 0.253 e. The van der Waals surface area contributed by atoms with Gasteiger partial charge in [0.15, 0.2) is 0 Å². The van der Waals surface area contributed by atoms with E-state index in [9.17, 15) is 4.79 Å². The van der Waals surface area contributed by atoms with Crippen molar-refractivity contribution < 1.29 is 14.3 Å². The highest BCUT2D eigenvalue weighted by Crippen LogP contribution is 2.31. The molecule has 1 amide bonds. The van der Waals surface area contributed by atoms with Crippen molar-refractivity contribution in [3.8, 4) is 11.5 Å². The van der Waals surface area contributed by atoms with E-state index in [1.807, 2.05) is 0 Å². The predicted octanol–water partition coefficient (Wildman–Crippen LogP) is 2.97. The van der Waals surface area contributed by atoms with Gasteiger partial charge in [0.2, 0.25) is 0 Å². The Morgan fingerprint density at radius 1 is 1.33 bits per heavy atom. The second kappa shape index (κ2) is 7.61. The van der Waals surface area contributed by atoms with Gasteiger partial charge in [-0.1, -0.05) is 11.6 Å². The summed E-state index contributed by atoms with van der Waals surface area (Å²) in [6.07, 6.45) is 4.23. The zero-order valence-electron chi connectivity index (χ0n) is 12.9. The third-order valence-electron chi connectivity index (χ3n) is 3.74. The van der Waals surface area contributed by atoms with Crippen molar-refractivity contribution in [1.29, 1.82) is 0 Å². The van der Waals surface area contributed by atoms with Crippen LogP contribution in [0.4, 0.5) is 5.69 Å². The topological polar surface area (TPSA) is 86.5 Å². The number of hydrogen-bond acceptors (Lipinski definition) is 5. The summed E-state index contributed by atoms with van der Waals surface area (Å²) in [6.45, 7) is 0.427. The molecular formula is C17H18ClN3O3. The summed E-state index contributed by atoms with van der Waals surface area (Å²) in [4.78, 5) is 16.1. The first-order valence-corrected chi connectivity index (χ1v) is 8.07. The van der Waals surface area contributed by atoms with Gasteiger partial charge >= 0.3 is 0 Å². The number of amides is 1. The van der Waals surface area contributed by atoms with E-state index in [1.54, 1.807) is 42.7 Å². The highest BCUT2D eigenvalue weighted by molar-refractivity contribution is 6.32. The molecule has 7 heteroatoms. The number of nitrogens with two attached hydrogens (primary N) is 1. The van der Waals surface area contributed by atoms with E-state index in [4.69, 9.17) is 26.8 Å². The molecule has 1 aromatic carbocycles. The summed E-state index contributed by atoms with van der Waals surface area (Å²) in [5.41, 5.74) is 6.15. The van der Waals surface area contributed by atoms with Crippen LogP contribution in [0.5, 0.6) is 11.5 Å². The zero-order chi connectivity index (χ0) is 16.9. The molecule has 2 aromatic rings. The van der Waals surface area contributed by atoms with Gasteiger partial charge in [-0.15, -0.1) is 0 Å². The molecule has 126 valence electrons. The third kappa shape index (κ3) is 4.03. The van der Waals surface area contributed by atoms with E-state index in [0.29, 0.717) is 35.2 Å². The van der Waals surface area contributed by atoms with Gasteiger partial charge in [0.1, 0.15) is 17.6 Å². The van der Waals surface area contributed by atoms with Crippen LogP contribution in [0, 0.1) is 0 Å². The maximum absolute atomic E-state index is 12.2. The minimum absolute atomic E-state index is 0.0412. The number of rotatable bonds is 5. The number of halogens is 1. The minimum atomic E-state index is -0.468. The highest BCUT2D eigenvalue weighted by Gasteiger charge is 2.29. The quantitative estimate of drug-likeness (QED) is 0.868. The monoisotopic (exact) mass is 347 g/mol. The number of pyridine rings is 1. The molecule has 3 N–H and O–H groups in total. The van der Waals surface area contributed by atoms with E-state index in [-0.39, 0.29) is 12.0 Å². The lowest BCUT2D eigenvalue weighted by Crippen LogP contribution is -2.29. The second-order valence-electron chi connectivity index (χ2n) is 5.48. The number of benzene rings is 1. The van der Waals surface area contributed by atoms with Gasteiger partial charge in [-0.25, -0.2) is 0 Å². The molecule has 0 spiro atoms. The average Bonchev–Trinajstić information content (AvgIpc) is 3.08. The first kappa shape index (κ1) is 16.7. The van der Waals surface area contributed by atoms with Crippen LogP contribution in [0.3, 0.4) is 0 Å². The molecule has 1 aliphatic rings. The first-order chi connectivity index (χ1) is 11.7. The van der Waals surface area contributed by atoms with Crippen molar-refractivity contribution in [3.63, 3.8) is 0 Å². The number of ether oxygens (including phenoxy) is 2. The normalized spacial score (nSPS) is 19.9. The molecule has 1 aromatic heterocycles. The zero-order valence-corrected chi connectivity index (χ0v) is 13.7. The van der Waals surface area contributed by atoms with E-state index in [1.165, 1.54) is 0 Å². The second-order valence-corrected chi connectivity index (χ2v) is 5.89. The standard InChI is InChI=1S/C17H18ClN3O3/c18-14-9-11(21-17(22)16-4-2-13(10-19)24-16)1-3-15(14)23-12-5-7-20-8-6-12/h1,3,5-9,13,16H,2,4,10,19H2,(H,21,22)/t13-,16+/m1/s1. The number of hydrogen-bond donors (Lipinski definition) is 2. The van der Waals surface area contributed by atoms with E-state index in [2.05, 4.69) is 10.3 Å². The number of nitrogens with one attached hydrogen (secondary N) is 1. The Hall–Kier alpha value is -2.15. The number of nitrogens with zero attached hydrogens (tertiary/aromatic N) is 1. The van der Waals surface area contributed by atoms with Crippen LogP contribution in [-0.4, -0.2) is 29.6 Å². The van der Waals surface area contributed by atoms with Crippen molar-refractivity contribution in [2.75, 3.05) is 11.9 Å². The van der Waals surface area contributed by atoms with Crippen LogP contribution in [0.1, 0.15) is 12.8 Å². The Morgan fingerprint density at radius 2 is 2.12 bits per heavy atom. The molecule has 0 saturated carbocycles. The van der Waals surface area contributed by atoms with Gasteiger partial charge < -0.3 is 20.5 Å². The molecule has 1 fully saturated rings. The Morgan fingerprint density at radius 3 is 2.79 bits per heavy atom. The summed E-state index contributed by atoms with van der Waals surface area (Å²) in [6, 6.07) is 8.55. The molecule has 0 aliphatic carbocycles. The fraction of sp³-hybridized carbons (Fsp3) is 0.294. The summed E-state index contributed by atoms with van der Waals surface area (Å²) < 4.78 is 11.3. The average molecular weight is 348 g/mol. The Bertz CT molecular complexity index is 711. The van der Waals surface area contributed by atoms with E-state index >= 15 is 0 Å². The largest absolute Gasteiger partial charge is 0.456 e. The third-order valence-corrected chi connectivity index (χ3v) is 4.04. The molecule has 24 heavy (non-hydrogen) atoms. The Kier molecular flexibility index (Phi) is 5.30. The van der Waals surface area contributed by atoms with Gasteiger partial charge in [-0.3, -0.25) is 9.78 Å². The molecule has 0 radical (unpaired) electrons. The van der Waals surface area contributed by atoms with Crippen LogP contribution in [0.15, 0.2) is 42.7 Å². The highest BCUT2D eigenvalue weighted by atomic mass is 35.5. The predicted molar refractivity (Wildman–Crippen MR) is 91.3 cm³/mol. The molecule has 1 aliphatic heterocycles. The summed E-state index contributed by atoms with van der Waals surface area (Å²) >= 11 is 6.23. The first-order valence-electron chi connectivity index (χ1n) is 7.69. The van der Waals surface area contributed by atoms with Crippen LogP contribution < -0.4 is 15.8 Å². The number of aromatic nitrogens is 1. The molecule has 0 unspecified atom stereocenters. The number of carbonyl (C=O) groups excluding carboxylic acids is 1. The minimum Gasteiger partial charge on any atom is -0.456 e. The lowest BCUT2D eigenvalue weighted by Gasteiger charge is -2.14. The van der Waals surface area contributed by atoms with Crippen molar-refractivity contribution in [2.45, 2.75) is 25.0 Å². The lowest BCUT2D eigenvalue weighted by molar-refractivity contribution is -0.126. The van der Waals surface area contributed by atoms with Crippen LogP contribution in [-0.2, 0) is 9.53 Å². The van der Waals surface area contributed by atoms with Crippen molar-refractivity contribution in [1.82, 2.24) is 4.98 Å². The van der Waals surface area contributed by atoms with Crippen LogP contribution >= 0.6 is 11.6 Å².